The molecular formula is C13H19NO2. The maximum absolute atomic E-state index is 10.7. The lowest BCUT2D eigenvalue weighted by Crippen LogP contribution is -2.15. The molecule has 0 aliphatic carbocycles. The highest BCUT2D eigenvalue weighted by atomic mass is 16.5. The molecule has 0 atom stereocenters. The summed E-state index contributed by atoms with van der Waals surface area (Å²) in [5, 5.41) is 3.30. The smallest absolute Gasteiger partial charge is 0.129 e. The van der Waals surface area contributed by atoms with E-state index in [1.165, 1.54) is 5.56 Å². The third kappa shape index (κ3) is 4.94. The number of rotatable bonds is 7. The van der Waals surface area contributed by atoms with Gasteiger partial charge in [-0.3, -0.25) is 0 Å². The van der Waals surface area contributed by atoms with Crippen molar-refractivity contribution in [3.63, 3.8) is 0 Å². The van der Waals surface area contributed by atoms with Crippen LogP contribution in [-0.2, 0) is 11.3 Å². The number of hydrogen-bond acceptors (Lipinski definition) is 3. The predicted octanol–water partition coefficient (Wildman–Crippen LogP) is 2.15. The fourth-order valence-corrected chi connectivity index (χ4v) is 1.44. The van der Waals surface area contributed by atoms with Crippen molar-refractivity contribution in [2.45, 2.75) is 26.3 Å². The molecule has 1 aromatic rings. The maximum atomic E-state index is 10.7. The van der Waals surface area contributed by atoms with Gasteiger partial charge in [0.25, 0.3) is 0 Å². The molecule has 1 aromatic carbocycles. The lowest BCUT2D eigenvalue weighted by molar-refractivity contribution is -0.117. The predicted molar refractivity (Wildman–Crippen MR) is 64.6 cm³/mol. The number of methoxy groups -OCH3 is 1. The minimum Gasteiger partial charge on any atom is -0.497 e. The Bertz CT molecular complexity index is 319. The molecule has 0 bridgehead atoms. The summed E-state index contributed by atoms with van der Waals surface area (Å²) < 4.78 is 5.08. The van der Waals surface area contributed by atoms with E-state index in [2.05, 4.69) is 5.32 Å². The van der Waals surface area contributed by atoms with E-state index in [1.807, 2.05) is 24.3 Å². The molecule has 0 saturated carbocycles. The molecule has 0 radical (unpaired) electrons. The summed E-state index contributed by atoms with van der Waals surface area (Å²) in [5.74, 6) is 1.13. The molecule has 0 amide bonds. The Labute approximate surface area is 96.8 Å². The minimum absolute atomic E-state index is 0.256. The second-order valence-electron chi connectivity index (χ2n) is 3.83. The van der Waals surface area contributed by atoms with Crippen molar-refractivity contribution in [1.29, 1.82) is 0 Å². The molecule has 0 unspecified atom stereocenters. The van der Waals surface area contributed by atoms with Gasteiger partial charge in [-0.05, 0) is 37.6 Å². The zero-order chi connectivity index (χ0) is 11.8. The molecule has 0 fully saturated rings. The summed E-state index contributed by atoms with van der Waals surface area (Å²) in [6.07, 6.45) is 1.57. The van der Waals surface area contributed by atoms with Crippen LogP contribution in [0.5, 0.6) is 5.75 Å². The number of benzene rings is 1. The molecule has 88 valence electrons. The summed E-state index contributed by atoms with van der Waals surface area (Å²) in [5.41, 5.74) is 1.23. The van der Waals surface area contributed by atoms with Gasteiger partial charge in [-0.1, -0.05) is 12.1 Å². The van der Waals surface area contributed by atoms with E-state index in [9.17, 15) is 4.79 Å². The largest absolute Gasteiger partial charge is 0.497 e. The van der Waals surface area contributed by atoms with Crippen LogP contribution in [0.3, 0.4) is 0 Å². The van der Waals surface area contributed by atoms with Gasteiger partial charge in [-0.15, -0.1) is 0 Å². The summed E-state index contributed by atoms with van der Waals surface area (Å²) in [6.45, 7) is 3.34. The third-order valence-corrected chi connectivity index (χ3v) is 2.37. The molecule has 3 nitrogen and oxygen atoms in total. The molecule has 0 aromatic heterocycles. The molecular weight excluding hydrogens is 202 g/mol. The fraction of sp³-hybridized carbons (Fsp3) is 0.462. The number of ketones is 1. The molecule has 0 spiro atoms. The normalized spacial score (nSPS) is 10.1. The van der Waals surface area contributed by atoms with Crippen LogP contribution in [0.25, 0.3) is 0 Å². The van der Waals surface area contributed by atoms with Gasteiger partial charge in [0.15, 0.2) is 0 Å². The Balaban J connectivity index is 2.19. The first-order valence-corrected chi connectivity index (χ1v) is 5.55. The number of nitrogens with one attached hydrogen (secondary N) is 1. The van der Waals surface area contributed by atoms with Crippen LogP contribution in [-0.4, -0.2) is 19.4 Å². The monoisotopic (exact) mass is 221 g/mol. The standard InChI is InChI=1S/C13H19NO2/c1-11(15)4-3-9-14-10-12-5-7-13(16-2)8-6-12/h5-8,14H,3-4,9-10H2,1-2H3. The molecule has 0 saturated heterocycles. The Kier molecular flexibility index (Phi) is 5.57. The van der Waals surface area contributed by atoms with E-state index in [0.29, 0.717) is 6.42 Å². The van der Waals surface area contributed by atoms with Gasteiger partial charge >= 0.3 is 0 Å². The van der Waals surface area contributed by atoms with Crippen molar-refractivity contribution in [2.75, 3.05) is 13.7 Å². The van der Waals surface area contributed by atoms with Crippen molar-refractivity contribution in [2.24, 2.45) is 0 Å². The highest BCUT2D eigenvalue weighted by Crippen LogP contribution is 2.10. The summed E-state index contributed by atoms with van der Waals surface area (Å²) in [6, 6.07) is 7.98. The highest BCUT2D eigenvalue weighted by molar-refractivity contribution is 5.75. The zero-order valence-electron chi connectivity index (χ0n) is 9.95. The van der Waals surface area contributed by atoms with E-state index in [1.54, 1.807) is 14.0 Å². The summed E-state index contributed by atoms with van der Waals surface area (Å²) in [7, 11) is 1.66. The minimum atomic E-state index is 0.256. The van der Waals surface area contributed by atoms with E-state index >= 15 is 0 Å². The van der Waals surface area contributed by atoms with Crippen molar-refractivity contribution in [3.8, 4) is 5.75 Å². The van der Waals surface area contributed by atoms with Gasteiger partial charge in [0.05, 0.1) is 7.11 Å². The summed E-state index contributed by atoms with van der Waals surface area (Å²) >= 11 is 0. The molecule has 0 aliphatic rings. The SMILES string of the molecule is COc1ccc(CNCCCC(C)=O)cc1. The van der Waals surface area contributed by atoms with Crippen molar-refractivity contribution < 1.29 is 9.53 Å². The van der Waals surface area contributed by atoms with Crippen molar-refractivity contribution in [1.82, 2.24) is 5.32 Å². The van der Waals surface area contributed by atoms with Gasteiger partial charge < -0.3 is 14.8 Å². The maximum Gasteiger partial charge on any atom is 0.129 e. The van der Waals surface area contributed by atoms with Gasteiger partial charge in [-0.25, -0.2) is 0 Å². The Hall–Kier alpha value is -1.35. The Morgan fingerprint density at radius 3 is 2.56 bits per heavy atom. The molecule has 1 rings (SSSR count). The number of carbonyl (C=O) groups is 1. The first-order valence-electron chi connectivity index (χ1n) is 5.55. The van der Waals surface area contributed by atoms with E-state index < -0.39 is 0 Å². The number of hydrogen-bond donors (Lipinski definition) is 1. The van der Waals surface area contributed by atoms with Crippen LogP contribution in [0, 0.1) is 0 Å². The topological polar surface area (TPSA) is 38.3 Å². The average Bonchev–Trinajstić information content (AvgIpc) is 2.29. The average molecular weight is 221 g/mol. The number of Topliss-reactive ketones (excluding diaryl/α,β-unsaturated/α-hetero) is 1. The number of carbonyl (C=O) groups excluding carboxylic acids is 1. The first-order chi connectivity index (χ1) is 7.72. The van der Waals surface area contributed by atoms with E-state index in [-0.39, 0.29) is 5.78 Å². The second kappa shape index (κ2) is 7.01. The fourth-order valence-electron chi connectivity index (χ4n) is 1.44. The van der Waals surface area contributed by atoms with Crippen LogP contribution >= 0.6 is 0 Å². The van der Waals surface area contributed by atoms with E-state index in [4.69, 9.17) is 4.74 Å². The van der Waals surface area contributed by atoms with Crippen LogP contribution < -0.4 is 10.1 Å². The molecule has 0 heterocycles. The van der Waals surface area contributed by atoms with Crippen molar-refractivity contribution >= 4 is 5.78 Å². The van der Waals surface area contributed by atoms with Crippen LogP contribution in [0.2, 0.25) is 0 Å². The molecule has 1 N–H and O–H groups in total. The van der Waals surface area contributed by atoms with E-state index in [0.717, 1.165) is 25.3 Å². The molecule has 0 aliphatic heterocycles. The molecule has 3 heteroatoms. The summed E-state index contributed by atoms with van der Waals surface area (Å²) in [4.78, 5) is 10.7. The van der Waals surface area contributed by atoms with Crippen LogP contribution in [0.4, 0.5) is 0 Å². The Morgan fingerprint density at radius 1 is 1.31 bits per heavy atom. The van der Waals surface area contributed by atoms with Gasteiger partial charge in [0.2, 0.25) is 0 Å². The zero-order valence-corrected chi connectivity index (χ0v) is 9.95. The Morgan fingerprint density at radius 2 is 2.00 bits per heavy atom. The van der Waals surface area contributed by atoms with Crippen molar-refractivity contribution in [3.05, 3.63) is 29.8 Å². The first kappa shape index (κ1) is 12.7. The second-order valence-corrected chi connectivity index (χ2v) is 3.83. The quantitative estimate of drug-likeness (QED) is 0.717. The number of ether oxygens (including phenoxy) is 1. The molecule has 16 heavy (non-hydrogen) atoms. The third-order valence-electron chi connectivity index (χ3n) is 2.37. The lowest BCUT2D eigenvalue weighted by atomic mass is 10.2. The van der Waals surface area contributed by atoms with Gasteiger partial charge in [0.1, 0.15) is 11.5 Å². The van der Waals surface area contributed by atoms with Gasteiger partial charge in [0, 0.05) is 13.0 Å². The van der Waals surface area contributed by atoms with Gasteiger partial charge in [-0.2, -0.15) is 0 Å². The lowest BCUT2D eigenvalue weighted by Gasteiger charge is -2.05. The van der Waals surface area contributed by atoms with Crippen LogP contribution in [0.15, 0.2) is 24.3 Å². The highest BCUT2D eigenvalue weighted by Gasteiger charge is 1.95. The van der Waals surface area contributed by atoms with Crippen LogP contribution in [0.1, 0.15) is 25.3 Å².